The third-order valence-corrected chi connectivity index (χ3v) is 3.31. The molecule has 2 heteroatoms. The molecule has 0 unspecified atom stereocenters. The van der Waals surface area contributed by atoms with Crippen molar-refractivity contribution in [2.45, 2.75) is 0 Å². The van der Waals surface area contributed by atoms with E-state index in [4.69, 9.17) is 6.42 Å². The molecule has 0 rings (SSSR count). The van der Waals surface area contributed by atoms with Crippen LogP contribution in [-0.2, 0) is 0 Å². The highest BCUT2D eigenvalue weighted by molar-refractivity contribution is 7.78. The van der Waals surface area contributed by atoms with Gasteiger partial charge >= 0.3 is 0 Å². The molecule has 0 heterocycles. The van der Waals surface area contributed by atoms with E-state index in [-0.39, 0.29) is 0 Å². The van der Waals surface area contributed by atoms with Gasteiger partial charge in [-0.3, -0.25) is 0 Å². The van der Waals surface area contributed by atoms with Crippen LogP contribution in [0, 0.1) is 214 Å². The van der Waals surface area contributed by atoms with Crippen LogP contribution >= 0.6 is 12.8 Å². The van der Waals surface area contributed by atoms with E-state index in [1.165, 1.54) is 0 Å². The van der Waals surface area contributed by atoms with Gasteiger partial charge in [-0.25, -0.2) is 0 Å². The quantitative estimate of drug-likeness (QED) is 0.258. The van der Waals surface area contributed by atoms with Gasteiger partial charge in [0.2, 0.25) is 0 Å². The van der Waals surface area contributed by atoms with Gasteiger partial charge in [0.15, 0.2) is 0 Å². The van der Waals surface area contributed by atoms with Crippen LogP contribution in [-0.4, -0.2) is 0 Å². The maximum absolute atomic E-state index is 4.94. The number of thiol groups is 1. The summed E-state index contributed by atoms with van der Waals surface area (Å²) in [4.78, 5) is 0. The molecule has 0 aromatic rings. The monoisotopic (exact) mass is 627 g/mol. The molecular weight excluding hydrogens is 623 g/mol. The SMILES string of the molecule is C#CC#CC#CC#CC#CC#CC#CC#CC#CC#CC#CC#CC#CC#CC#CC#CC#CC#CC(=C=C=C=C=C=C=C=C=C=C=C)NS. The Morgan fingerprint density at radius 2 is 0.580 bits per heavy atom. The minimum atomic E-state index is 0.295. The second kappa shape index (κ2) is 36.8. The summed E-state index contributed by atoms with van der Waals surface area (Å²) in [6.45, 7) is 3.32. The van der Waals surface area contributed by atoms with E-state index >= 15 is 0 Å². The van der Waals surface area contributed by atoms with Crippen molar-refractivity contribution >= 4 is 12.8 Å². The third-order valence-electron chi connectivity index (χ3n) is 3.08. The lowest BCUT2D eigenvalue weighted by molar-refractivity contribution is 1.34. The third kappa shape index (κ3) is 34.0. The van der Waals surface area contributed by atoms with Crippen LogP contribution in [0.15, 0.2) is 69.6 Å². The van der Waals surface area contributed by atoms with Crippen molar-refractivity contribution in [1.82, 2.24) is 4.72 Å². The Kier molecular flexibility index (Phi) is 29.3. The summed E-state index contributed by atoms with van der Waals surface area (Å²) in [5.41, 5.74) is 25.3. The molecule has 0 aliphatic rings. The van der Waals surface area contributed by atoms with Crippen molar-refractivity contribution in [3.05, 3.63) is 69.6 Å². The summed E-state index contributed by atoms with van der Waals surface area (Å²) in [7, 11) is 0. The molecule has 0 radical (unpaired) electrons. The molecular formula is C48H5NS. The first-order valence-electron chi connectivity index (χ1n) is 12.4. The highest BCUT2D eigenvalue weighted by atomic mass is 32.1. The summed E-state index contributed by atoms with van der Waals surface area (Å²) < 4.78 is 2.52. The largest absolute Gasteiger partial charge is 0.318 e. The van der Waals surface area contributed by atoms with Crippen molar-refractivity contribution in [2.24, 2.45) is 0 Å². The van der Waals surface area contributed by atoms with Gasteiger partial charge in [-0.05, 0) is 159 Å². The van der Waals surface area contributed by atoms with E-state index in [9.17, 15) is 0 Å². The second-order valence-corrected chi connectivity index (χ2v) is 6.41. The van der Waals surface area contributed by atoms with Gasteiger partial charge in [-0.1, -0.05) is 18.5 Å². The number of nitrogens with one attached hydrogen (secondary N) is 1. The fraction of sp³-hybridized carbons (Fsp3) is 0. The Morgan fingerprint density at radius 1 is 0.340 bits per heavy atom. The van der Waals surface area contributed by atoms with Crippen LogP contribution in [0.25, 0.3) is 0 Å². The van der Waals surface area contributed by atoms with Crippen LogP contribution in [0.1, 0.15) is 0 Å². The molecule has 1 N–H and O–H groups in total. The Labute approximate surface area is 299 Å². The van der Waals surface area contributed by atoms with Gasteiger partial charge in [0, 0.05) is 107 Å². The Hall–Kier alpha value is -10.2. The lowest BCUT2D eigenvalue weighted by atomic mass is 10.4. The number of hydrogen-bond acceptors (Lipinski definition) is 2. The van der Waals surface area contributed by atoms with Crippen molar-refractivity contribution in [3.8, 4) is 214 Å². The Balaban J connectivity index is 4.84. The fourth-order valence-electron chi connectivity index (χ4n) is 1.51. The van der Waals surface area contributed by atoms with Crippen LogP contribution in [0.3, 0.4) is 0 Å². The first-order chi connectivity index (χ1) is 24.8. The maximum Gasteiger partial charge on any atom is 0.149 e. The molecule has 0 spiro atoms. The van der Waals surface area contributed by atoms with E-state index in [2.05, 4.69) is 289 Å². The van der Waals surface area contributed by atoms with Crippen molar-refractivity contribution in [3.63, 3.8) is 0 Å². The Bertz CT molecular complexity index is 3030. The van der Waals surface area contributed by atoms with Gasteiger partial charge in [0.25, 0.3) is 0 Å². The summed E-state index contributed by atoms with van der Waals surface area (Å²) in [6, 6.07) is 0. The number of terminal acetylenes is 1. The van der Waals surface area contributed by atoms with E-state index in [0.29, 0.717) is 5.70 Å². The molecule has 0 saturated carbocycles. The van der Waals surface area contributed by atoms with Crippen LogP contribution in [0.5, 0.6) is 0 Å². The van der Waals surface area contributed by atoms with E-state index in [1.807, 2.05) is 0 Å². The average Bonchev–Trinajstić information content (AvgIpc) is 3.13. The highest BCUT2D eigenvalue weighted by Gasteiger charge is 1.79. The molecule has 0 fully saturated rings. The van der Waals surface area contributed by atoms with E-state index in [0.717, 1.165) is 0 Å². The molecule has 208 valence electrons. The number of hydrogen-bond donors (Lipinski definition) is 2. The number of allylic oxidation sites excluding steroid dienone is 1. The maximum atomic E-state index is 4.94. The summed E-state index contributed by atoms with van der Waals surface area (Å²) in [5.74, 6) is 86.9. The van der Waals surface area contributed by atoms with Crippen LogP contribution in [0.2, 0.25) is 0 Å². The molecule has 1 nitrogen and oxygen atoms in total. The molecule has 50 heavy (non-hydrogen) atoms. The zero-order chi connectivity index (χ0) is 36.1. The molecule has 0 aromatic carbocycles. The first-order valence-corrected chi connectivity index (χ1v) is 12.8. The van der Waals surface area contributed by atoms with Gasteiger partial charge in [-0.15, -0.1) is 6.42 Å². The van der Waals surface area contributed by atoms with Crippen LogP contribution < -0.4 is 4.72 Å². The highest BCUT2D eigenvalue weighted by Crippen LogP contribution is 1.82. The average molecular weight is 628 g/mol. The molecule has 0 atom stereocenters. The zero-order valence-corrected chi connectivity index (χ0v) is 26.1. The van der Waals surface area contributed by atoms with Gasteiger partial charge in [-0.2, -0.15) is 0 Å². The topological polar surface area (TPSA) is 12.0 Å². The van der Waals surface area contributed by atoms with E-state index in [1.54, 1.807) is 0 Å². The summed E-state index contributed by atoms with van der Waals surface area (Å²) >= 11 is 3.91. The lowest BCUT2D eigenvalue weighted by Crippen LogP contribution is -1.93. The summed E-state index contributed by atoms with van der Waals surface area (Å²) in [5, 5.41) is 0. The zero-order valence-electron chi connectivity index (χ0n) is 25.2. The summed E-state index contributed by atoms with van der Waals surface area (Å²) in [6.07, 6.45) is 4.94. The van der Waals surface area contributed by atoms with Crippen molar-refractivity contribution in [1.29, 1.82) is 0 Å². The van der Waals surface area contributed by atoms with Gasteiger partial charge in [0.05, 0.1) is 0 Å². The van der Waals surface area contributed by atoms with Gasteiger partial charge < -0.3 is 4.72 Å². The molecule has 0 aromatic heterocycles. The second-order valence-electron chi connectivity index (χ2n) is 6.18. The van der Waals surface area contributed by atoms with E-state index < -0.39 is 0 Å². The standard InChI is InChI=1S/C48H5NS/c1-3-5-7-9-11-13-14-15-16-17-18-19-20-21-22-23-24-25-26-27-28-29-30-31-32-33-34-35-36-37-39-41-43-45-47-48(49-50)46-44-42-40-38-12-10-8-6-4-2/h1,49-50H,2H2. The molecule has 0 bridgehead atoms. The Morgan fingerprint density at radius 3 is 0.840 bits per heavy atom. The minimum absolute atomic E-state index is 0.295. The lowest BCUT2D eigenvalue weighted by Gasteiger charge is -1.85. The first kappa shape index (κ1) is 39.8. The normalized spacial score (nSPS) is 4.24. The predicted octanol–water partition coefficient (Wildman–Crippen LogP) is 2.18. The van der Waals surface area contributed by atoms with Crippen molar-refractivity contribution < 1.29 is 0 Å². The molecule has 0 aliphatic heterocycles. The number of rotatable bonds is 1. The molecule has 0 amide bonds. The predicted molar refractivity (Wildman–Crippen MR) is 197 cm³/mol. The van der Waals surface area contributed by atoms with Crippen LogP contribution in [0.4, 0.5) is 0 Å². The fourth-order valence-corrected chi connectivity index (χ4v) is 1.62. The van der Waals surface area contributed by atoms with Gasteiger partial charge in [0.1, 0.15) is 5.70 Å². The molecule has 0 aliphatic carbocycles. The minimum Gasteiger partial charge on any atom is -0.318 e. The van der Waals surface area contributed by atoms with Crippen molar-refractivity contribution in [2.75, 3.05) is 0 Å². The molecule has 0 saturated heterocycles. The smallest absolute Gasteiger partial charge is 0.149 e.